The fourth-order valence-corrected chi connectivity index (χ4v) is 3.00. The van der Waals surface area contributed by atoms with Crippen LogP contribution in [0.15, 0.2) is 57.2 Å². The Morgan fingerprint density at radius 3 is 2.78 bits per heavy atom. The molecule has 0 bridgehead atoms. The van der Waals surface area contributed by atoms with Crippen molar-refractivity contribution >= 4 is 34.9 Å². The molecule has 0 amide bonds. The van der Waals surface area contributed by atoms with E-state index in [1.54, 1.807) is 11.8 Å². The molecule has 2 aromatic carbocycles. The predicted molar refractivity (Wildman–Crippen MR) is 75.5 cm³/mol. The Bertz CT molecular complexity index is 640. The first-order valence-electron chi connectivity index (χ1n) is 5.40. The van der Waals surface area contributed by atoms with Gasteiger partial charge in [0.15, 0.2) is 0 Å². The van der Waals surface area contributed by atoms with Gasteiger partial charge in [0.25, 0.3) is 0 Å². The molecule has 2 aromatic rings. The lowest BCUT2D eigenvalue weighted by molar-refractivity contribution is 1.02. The van der Waals surface area contributed by atoms with E-state index in [9.17, 15) is 0 Å². The third kappa shape index (κ3) is 1.99. The van der Waals surface area contributed by atoms with E-state index in [-0.39, 0.29) is 0 Å². The number of halogens is 1. The molecular formula is C13H10ClN3S. The van der Waals surface area contributed by atoms with Crippen molar-refractivity contribution in [2.45, 2.75) is 9.79 Å². The van der Waals surface area contributed by atoms with Gasteiger partial charge in [-0.2, -0.15) is 0 Å². The second-order valence-electron chi connectivity index (χ2n) is 3.82. The molecule has 0 spiro atoms. The lowest BCUT2D eigenvalue weighted by Gasteiger charge is -2.08. The number of aliphatic imine (C=N–C) groups is 1. The number of para-hydroxylation sites is 1. The van der Waals surface area contributed by atoms with E-state index in [1.165, 1.54) is 0 Å². The Balaban J connectivity index is 2.24. The molecule has 1 aliphatic rings. The third-order valence-electron chi connectivity index (χ3n) is 2.65. The molecule has 0 saturated heterocycles. The molecule has 0 unspecified atom stereocenters. The molecule has 5 heteroatoms. The standard InChI is InChI=1S/C13H10ClN3S/c14-8-5-6-11-9(7-8)13(17-15)16-10-3-1-2-4-12(10)18-11/h1-7H,15H2,(H,16,17). The van der Waals surface area contributed by atoms with E-state index < -0.39 is 0 Å². The summed E-state index contributed by atoms with van der Waals surface area (Å²) < 4.78 is 0. The molecule has 3 N–H and O–H groups in total. The van der Waals surface area contributed by atoms with Gasteiger partial charge < -0.3 is 5.43 Å². The molecule has 0 aliphatic carbocycles. The number of fused-ring (bicyclic) bond motifs is 2. The number of amidine groups is 1. The Hall–Kier alpha value is -1.49. The van der Waals surface area contributed by atoms with Crippen molar-refractivity contribution in [3.05, 3.63) is 53.1 Å². The van der Waals surface area contributed by atoms with Gasteiger partial charge in [0.2, 0.25) is 0 Å². The summed E-state index contributed by atoms with van der Waals surface area (Å²) in [5.41, 5.74) is 4.47. The van der Waals surface area contributed by atoms with Gasteiger partial charge in [0.1, 0.15) is 5.84 Å². The molecule has 3 rings (SSSR count). The number of hydrazine groups is 1. The molecular weight excluding hydrogens is 266 g/mol. The van der Waals surface area contributed by atoms with E-state index in [4.69, 9.17) is 17.4 Å². The van der Waals surface area contributed by atoms with E-state index in [0.717, 1.165) is 21.0 Å². The zero-order chi connectivity index (χ0) is 12.5. The largest absolute Gasteiger partial charge is 0.308 e. The van der Waals surface area contributed by atoms with Crippen LogP contribution in [0.2, 0.25) is 5.02 Å². The van der Waals surface area contributed by atoms with Gasteiger partial charge in [-0.25, -0.2) is 10.8 Å². The van der Waals surface area contributed by atoms with E-state index in [0.29, 0.717) is 10.9 Å². The van der Waals surface area contributed by atoms with Crippen molar-refractivity contribution in [1.29, 1.82) is 0 Å². The molecule has 1 heterocycles. The maximum Gasteiger partial charge on any atom is 0.149 e. The number of rotatable bonds is 0. The average Bonchev–Trinajstić information content (AvgIpc) is 2.54. The number of nitrogens with zero attached hydrogens (tertiary/aromatic N) is 1. The molecule has 18 heavy (non-hydrogen) atoms. The summed E-state index contributed by atoms with van der Waals surface area (Å²) in [6.45, 7) is 0. The second-order valence-corrected chi connectivity index (χ2v) is 5.34. The number of hydrogen-bond donors (Lipinski definition) is 2. The number of hydrogen-bond acceptors (Lipinski definition) is 4. The maximum atomic E-state index is 6.03. The summed E-state index contributed by atoms with van der Waals surface area (Å²) in [4.78, 5) is 6.73. The van der Waals surface area contributed by atoms with Crippen molar-refractivity contribution in [2.75, 3.05) is 0 Å². The molecule has 0 atom stereocenters. The Labute approximate surface area is 114 Å². The van der Waals surface area contributed by atoms with Crippen molar-refractivity contribution in [3.63, 3.8) is 0 Å². The third-order valence-corrected chi connectivity index (χ3v) is 4.03. The summed E-state index contributed by atoms with van der Waals surface area (Å²) in [5.74, 6) is 6.19. The Kier molecular flexibility index (Phi) is 2.99. The van der Waals surface area contributed by atoms with Gasteiger partial charge in [-0.3, -0.25) is 0 Å². The Morgan fingerprint density at radius 1 is 1.11 bits per heavy atom. The SMILES string of the molecule is NNC1=Nc2ccccc2Sc2ccc(Cl)cc21. The van der Waals surface area contributed by atoms with Crippen LogP contribution in [0, 0.1) is 0 Å². The van der Waals surface area contributed by atoms with Crippen LogP contribution in [0.25, 0.3) is 0 Å². The highest BCUT2D eigenvalue weighted by Crippen LogP contribution is 2.40. The van der Waals surface area contributed by atoms with Crippen LogP contribution < -0.4 is 11.3 Å². The highest BCUT2D eigenvalue weighted by atomic mass is 35.5. The van der Waals surface area contributed by atoms with Gasteiger partial charge in [-0.15, -0.1) is 0 Å². The van der Waals surface area contributed by atoms with E-state index >= 15 is 0 Å². The molecule has 1 aliphatic heterocycles. The summed E-state index contributed by atoms with van der Waals surface area (Å²) in [6, 6.07) is 13.7. The van der Waals surface area contributed by atoms with Crippen molar-refractivity contribution in [3.8, 4) is 0 Å². The second kappa shape index (κ2) is 4.65. The molecule has 0 fully saturated rings. The average molecular weight is 276 g/mol. The first-order valence-corrected chi connectivity index (χ1v) is 6.59. The van der Waals surface area contributed by atoms with Gasteiger partial charge in [0, 0.05) is 20.4 Å². The lowest BCUT2D eigenvalue weighted by Crippen LogP contribution is -2.31. The van der Waals surface area contributed by atoms with Gasteiger partial charge >= 0.3 is 0 Å². The van der Waals surface area contributed by atoms with Gasteiger partial charge in [0.05, 0.1) is 5.69 Å². The zero-order valence-electron chi connectivity index (χ0n) is 9.35. The highest BCUT2D eigenvalue weighted by Gasteiger charge is 2.16. The van der Waals surface area contributed by atoms with E-state index in [2.05, 4.69) is 10.4 Å². The minimum atomic E-state index is 0.630. The van der Waals surface area contributed by atoms with Crippen LogP contribution in [-0.2, 0) is 0 Å². The quantitative estimate of drug-likeness (QED) is 0.573. The minimum absolute atomic E-state index is 0.630. The van der Waals surface area contributed by atoms with Crippen LogP contribution in [0.5, 0.6) is 0 Å². The summed E-state index contributed by atoms with van der Waals surface area (Å²) in [7, 11) is 0. The minimum Gasteiger partial charge on any atom is -0.308 e. The Morgan fingerprint density at radius 2 is 1.94 bits per heavy atom. The van der Waals surface area contributed by atoms with Gasteiger partial charge in [-0.05, 0) is 30.3 Å². The number of nitrogens with two attached hydrogens (primary N) is 1. The topological polar surface area (TPSA) is 50.4 Å². The monoisotopic (exact) mass is 275 g/mol. The summed E-state index contributed by atoms with van der Waals surface area (Å²) >= 11 is 7.69. The number of benzene rings is 2. The molecule has 0 saturated carbocycles. The first-order chi connectivity index (χ1) is 8.78. The smallest absolute Gasteiger partial charge is 0.149 e. The van der Waals surface area contributed by atoms with Gasteiger partial charge in [-0.1, -0.05) is 35.5 Å². The van der Waals surface area contributed by atoms with Crippen LogP contribution in [0.3, 0.4) is 0 Å². The summed E-state index contributed by atoms with van der Waals surface area (Å²) in [5, 5.41) is 0.670. The van der Waals surface area contributed by atoms with Crippen LogP contribution >= 0.6 is 23.4 Å². The van der Waals surface area contributed by atoms with Crippen molar-refractivity contribution < 1.29 is 0 Å². The summed E-state index contributed by atoms with van der Waals surface area (Å²) in [6.07, 6.45) is 0. The first kappa shape index (κ1) is 11.6. The van der Waals surface area contributed by atoms with E-state index in [1.807, 2.05) is 42.5 Å². The highest BCUT2D eigenvalue weighted by molar-refractivity contribution is 7.99. The van der Waals surface area contributed by atoms with Crippen molar-refractivity contribution in [1.82, 2.24) is 5.43 Å². The number of nitrogens with one attached hydrogen (secondary N) is 1. The fourth-order valence-electron chi connectivity index (χ4n) is 1.82. The fraction of sp³-hybridized carbons (Fsp3) is 0. The van der Waals surface area contributed by atoms with Crippen LogP contribution in [0.1, 0.15) is 5.56 Å². The lowest BCUT2D eigenvalue weighted by atomic mass is 10.2. The predicted octanol–water partition coefficient (Wildman–Crippen LogP) is 3.35. The maximum absolute atomic E-state index is 6.03. The zero-order valence-corrected chi connectivity index (χ0v) is 10.9. The molecule has 90 valence electrons. The van der Waals surface area contributed by atoms with Crippen molar-refractivity contribution in [2.24, 2.45) is 10.8 Å². The molecule has 0 radical (unpaired) electrons. The van der Waals surface area contributed by atoms with Crippen LogP contribution in [0.4, 0.5) is 5.69 Å². The molecule has 0 aromatic heterocycles. The normalized spacial score (nSPS) is 13.1. The molecule has 3 nitrogen and oxygen atoms in total. The van der Waals surface area contributed by atoms with Crippen LogP contribution in [-0.4, -0.2) is 5.84 Å².